The van der Waals surface area contributed by atoms with Gasteiger partial charge < -0.3 is 20.4 Å². The molecule has 176 valence electrons. The summed E-state index contributed by atoms with van der Waals surface area (Å²) < 4.78 is 5.85. The number of anilines is 1. The number of carbonyl (C=O) groups excluding carboxylic acids is 1. The quantitative estimate of drug-likeness (QED) is 0.481. The predicted octanol–water partition coefficient (Wildman–Crippen LogP) is 4.08. The van der Waals surface area contributed by atoms with Gasteiger partial charge in [-0.1, -0.05) is 11.6 Å². The number of ether oxygens (including phenoxy) is 1. The average Bonchev–Trinajstić information content (AvgIpc) is 3.43. The molecule has 33 heavy (non-hydrogen) atoms. The maximum absolute atomic E-state index is 12.0. The molecule has 9 heteroatoms. The number of fused-ring (bicyclic) bond motifs is 1. The van der Waals surface area contributed by atoms with E-state index >= 15 is 0 Å². The Hall–Kier alpha value is -2.84. The molecule has 8 nitrogen and oxygen atoms in total. The van der Waals surface area contributed by atoms with Crippen molar-refractivity contribution in [1.29, 1.82) is 0 Å². The Labute approximate surface area is 199 Å². The fraction of sp³-hybridized carbons (Fsp3) is 0.458. The number of hydrogen-bond donors (Lipinski definition) is 3. The van der Waals surface area contributed by atoms with Crippen molar-refractivity contribution < 1.29 is 9.53 Å². The van der Waals surface area contributed by atoms with Crippen molar-refractivity contribution in [2.75, 3.05) is 25.5 Å². The molecule has 1 aromatic carbocycles. The van der Waals surface area contributed by atoms with Crippen LogP contribution in [-0.4, -0.2) is 63.6 Å². The van der Waals surface area contributed by atoms with Crippen LogP contribution in [0.15, 0.2) is 30.5 Å². The first-order valence-electron chi connectivity index (χ1n) is 11.2. The minimum Gasteiger partial charge on any atom is -0.478 e. The fourth-order valence-corrected chi connectivity index (χ4v) is 4.31. The van der Waals surface area contributed by atoms with Crippen LogP contribution in [0.2, 0.25) is 5.02 Å². The molecule has 1 atom stereocenters. The lowest BCUT2D eigenvalue weighted by molar-refractivity contribution is -0.133. The number of nitrogens with zero attached hydrogens (tertiary/aromatic N) is 3. The Bertz CT molecular complexity index is 1140. The molecule has 0 aliphatic carbocycles. The maximum Gasteiger partial charge on any atom is 0.263 e. The van der Waals surface area contributed by atoms with E-state index in [4.69, 9.17) is 16.3 Å². The van der Waals surface area contributed by atoms with Crippen molar-refractivity contribution in [2.24, 2.45) is 0 Å². The van der Waals surface area contributed by atoms with Gasteiger partial charge in [-0.15, -0.1) is 0 Å². The number of pyridine rings is 1. The van der Waals surface area contributed by atoms with Gasteiger partial charge in [0.1, 0.15) is 17.1 Å². The number of nitrogens with one attached hydrogen (secondary N) is 3. The van der Waals surface area contributed by atoms with Gasteiger partial charge in [-0.05, 0) is 58.4 Å². The molecule has 0 saturated carbocycles. The lowest BCUT2D eigenvalue weighted by atomic mass is 10.1. The smallest absolute Gasteiger partial charge is 0.263 e. The van der Waals surface area contributed by atoms with Crippen LogP contribution in [0.3, 0.4) is 0 Å². The number of imidazole rings is 1. The molecular weight excluding hydrogens is 440 g/mol. The van der Waals surface area contributed by atoms with Crippen molar-refractivity contribution in [1.82, 2.24) is 25.2 Å². The normalized spacial score (nSPS) is 17.0. The summed E-state index contributed by atoms with van der Waals surface area (Å²) in [7, 11) is 1.59. The van der Waals surface area contributed by atoms with E-state index in [0.29, 0.717) is 34.3 Å². The highest BCUT2D eigenvalue weighted by Crippen LogP contribution is 2.32. The second-order valence-corrected chi connectivity index (χ2v) is 9.61. The summed E-state index contributed by atoms with van der Waals surface area (Å²) in [4.78, 5) is 26.9. The summed E-state index contributed by atoms with van der Waals surface area (Å²) >= 11 is 6.52. The molecule has 2 aromatic heterocycles. The zero-order valence-corrected chi connectivity index (χ0v) is 20.5. The average molecular weight is 471 g/mol. The number of aromatic nitrogens is 3. The second-order valence-electron chi connectivity index (χ2n) is 9.20. The van der Waals surface area contributed by atoms with E-state index in [-0.39, 0.29) is 5.91 Å². The van der Waals surface area contributed by atoms with Gasteiger partial charge in [0.2, 0.25) is 0 Å². The number of hydrogen-bond acceptors (Lipinski definition) is 6. The number of likely N-dealkylation sites (N-methyl/N-ethyl adjacent to an activating group) is 1. The summed E-state index contributed by atoms with van der Waals surface area (Å²) in [6.45, 7) is 9.95. The van der Waals surface area contributed by atoms with Crippen molar-refractivity contribution in [3.8, 4) is 17.1 Å². The van der Waals surface area contributed by atoms with Crippen LogP contribution in [0, 0.1) is 0 Å². The molecule has 1 aliphatic rings. The molecule has 1 aliphatic heterocycles. The van der Waals surface area contributed by atoms with Gasteiger partial charge in [0, 0.05) is 37.8 Å². The molecule has 1 amide bonds. The Morgan fingerprint density at radius 3 is 2.67 bits per heavy atom. The largest absolute Gasteiger partial charge is 0.478 e. The summed E-state index contributed by atoms with van der Waals surface area (Å²) in [5.41, 5.74) is 2.15. The SMILES string of the molecule is CNC(=O)C(C)(C)Oc1ccc(-c2nc3ncc(Cl)c(NC4CCN(C(C)C)C4)c3[nH]2)cc1. The van der Waals surface area contributed by atoms with Gasteiger partial charge in [-0.2, -0.15) is 0 Å². The van der Waals surface area contributed by atoms with Crippen molar-refractivity contribution in [3.05, 3.63) is 35.5 Å². The van der Waals surface area contributed by atoms with Gasteiger partial charge >= 0.3 is 0 Å². The molecule has 1 fully saturated rings. The number of carbonyl (C=O) groups is 1. The molecule has 1 saturated heterocycles. The number of likely N-dealkylation sites (tertiary alicyclic amines) is 1. The molecule has 0 spiro atoms. The third-order valence-corrected chi connectivity index (χ3v) is 6.33. The molecular formula is C24H31ClN6O2. The van der Waals surface area contributed by atoms with E-state index in [0.717, 1.165) is 36.3 Å². The summed E-state index contributed by atoms with van der Waals surface area (Å²) in [6.07, 6.45) is 2.71. The van der Waals surface area contributed by atoms with E-state index < -0.39 is 5.60 Å². The monoisotopic (exact) mass is 470 g/mol. The number of rotatable bonds is 7. The first-order chi connectivity index (χ1) is 15.7. The van der Waals surface area contributed by atoms with E-state index in [2.05, 4.69) is 44.3 Å². The number of benzene rings is 1. The highest BCUT2D eigenvalue weighted by Gasteiger charge is 2.29. The Balaban J connectivity index is 1.56. The van der Waals surface area contributed by atoms with Crippen LogP contribution in [0.25, 0.3) is 22.6 Å². The summed E-state index contributed by atoms with van der Waals surface area (Å²) in [5.74, 6) is 1.10. The Morgan fingerprint density at radius 1 is 1.30 bits per heavy atom. The number of H-pyrrole nitrogens is 1. The van der Waals surface area contributed by atoms with Crippen molar-refractivity contribution in [3.63, 3.8) is 0 Å². The minimum atomic E-state index is -0.970. The molecule has 3 aromatic rings. The second kappa shape index (κ2) is 9.19. The number of amides is 1. The highest BCUT2D eigenvalue weighted by atomic mass is 35.5. The standard InChI is InChI=1S/C24H31ClN6O2/c1-14(2)31-11-10-16(13-31)28-19-18(25)12-27-22-20(19)29-21(30-22)15-6-8-17(9-7-15)33-24(3,4)23(32)26-5/h6-9,12,14,16H,10-11,13H2,1-5H3,(H,26,32)(H2,27,28,29,30). The van der Waals surface area contributed by atoms with Crippen LogP contribution >= 0.6 is 11.6 Å². The van der Waals surface area contributed by atoms with E-state index in [1.807, 2.05) is 24.3 Å². The molecule has 3 heterocycles. The van der Waals surface area contributed by atoms with Gasteiger partial charge in [0.05, 0.1) is 16.9 Å². The Morgan fingerprint density at radius 2 is 2.03 bits per heavy atom. The first kappa shape index (κ1) is 23.3. The third kappa shape index (κ3) is 4.91. The minimum absolute atomic E-state index is 0.189. The maximum atomic E-state index is 12.0. The molecule has 3 N–H and O–H groups in total. The van der Waals surface area contributed by atoms with Gasteiger partial charge in [0.15, 0.2) is 11.2 Å². The van der Waals surface area contributed by atoms with Crippen molar-refractivity contribution in [2.45, 2.75) is 51.8 Å². The first-order valence-corrected chi connectivity index (χ1v) is 11.6. The van der Waals surface area contributed by atoms with Gasteiger partial charge in [-0.3, -0.25) is 9.69 Å². The topological polar surface area (TPSA) is 95.2 Å². The van der Waals surface area contributed by atoms with Gasteiger partial charge in [-0.25, -0.2) is 9.97 Å². The van der Waals surface area contributed by atoms with Gasteiger partial charge in [0.25, 0.3) is 5.91 Å². The van der Waals surface area contributed by atoms with Crippen LogP contribution in [0.1, 0.15) is 34.1 Å². The van der Waals surface area contributed by atoms with Crippen LogP contribution in [0.4, 0.5) is 5.69 Å². The van der Waals surface area contributed by atoms with Crippen LogP contribution in [0.5, 0.6) is 5.75 Å². The number of aromatic amines is 1. The predicted molar refractivity (Wildman–Crippen MR) is 132 cm³/mol. The summed E-state index contributed by atoms with van der Waals surface area (Å²) in [6, 6.07) is 8.30. The summed E-state index contributed by atoms with van der Waals surface area (Å²) in [5, 5.41) is 6.80. The van der Waals surface area contributed by atoms with E-state index in [1.54, 1.807) is 27.1 Å². The van der Waals surface area contributed by atoms with Crippen molar-refractivity contribution >= 4 is 34.4 Å². The zero-order chi connectivity index (χ0) is 23.8. The molecule has 4 rings (SSSR count). The highest BCUT2D eigenvalue weighted by molar-refractivity contribution is 6.34. The lowest BCUT2D eigenvalue weighted by Crippen LogP contribution is -2.45. The third-order valence-electron chi connectivity index (χ3n) is 6.05. The molecule has 0 radical (unpaired) electrons. The zero-order valence-electron chi connectivity index (χ0n) is 19.7. The number of halogens is 1. The van der Waals surface area contributed by atoms with Crippen LogP contribution < -0.4 is 15.4 Å². The fourth-order valence-electron chi connectivity index (χ4n) is 4.11. The molecule has 0 bridgehead atoms. The van der Waals surface area contributed by atoms with E-state index in [9.17, 15) is 4.79 Å². The Kier molecular flexibility index (Phi) is 6.50. The van der Waals surface area contributed by atoms with E-state index in [1.165, 1.54) is 0 Å². The lowest BCUT2D eigenvalue weighted by Gasteiger charge is -2.24. The van der Waals surface area contributed by atoms with Crippen LogP contribution in [-0.2, 0) is 4.79 Å². The molecule has 1 unspecified atom stereocenters.